The molecule has 0 aliphatic rings. The van der Waals surface area contributed by atoms with Crippen LogP contribution in [0.4, 0.5) is 0 Å². The minimum atomic E-state index is -0.432. The number of oxazole rings is 1. The number of hydrogen-bond donors (Lipinski definition) is 2. The lowest BCUT2D eigenvalue weighted by Crippen LogP contribution is -2.30. The Labute approximate surface area is 181 Å². The number of aryl methyl sites for hydroxylation is 1. The smallest absolute Gasteiger partial charge is 0.221 e. The number of aliphatic hydroxyl groups is 1. The van der Waals surface area contributed by atoms with E-state index < -0.39 is 6.04 Å². The number of nitrogens with zero attached hydrogens (tertiary/aromatic N) is 1. The summed E-state index contributed by atoms with van der Waals surface area (Å²) >= 11 is 0. The Kier molecular flexibility index (Phi) is 6.55. The number of carbonyl (C=O) groups excluding carboxylic acids is 1. The molecule has 0 saturated heterocycles. The topological polar surface area (TPSA) is 75.4 Å². The molecule has 5 heteroatoms. The molecule has 1 heterocycles. The molecule has 31 heavy (non-hydrogen) atoms. The minimum absolute atomic E-state index is 0.162. The van der Waals surface area contributed by atoms with Gasteiger partial charge in [0.2, 0.25) is 5.91 Å². The number of nitrogens with one attached hydrogen (secondary N) is 1. The Hall–Kier alpha value is -3.70. The lowest BCUT2D eigenvalue weighted by Gasteiger charge is -2.16. The maximum atomic E-state index is 12.5. The van der Waals surface area contributed by atoms with Crippen LogP contribution in [0.5, 0.6) is 0 Å². The summed E-state index contributed by atoms with van der Waals surface area (Å²) in [6, 6.07) is 28.7. The monoisotopic (exact) mass is 412 g/mol. The number of rotatable bonds is 8. The van der Waals surface area contributed by atoms with E-state index in [1.54, 1.807) is 0 Å². The zero-order valence-corrected chi connectivity index (χ0v) is 17.1. The molecule has 5 nitrogen and oxygen atoms in total. The highest BCUT2D eigenvalue weighted by atomic mass is 16.4. The van der Waals surface area contributed by atoms with Gasteiger partial charge in [-0.15, -0.1) is 0 Å². The van der Waals surface area contributed by atoms with Gasteiger partial charge in [-0.05, 0) is 5.56 Å². The van der Waals surface area contributed by atoms with Crippen molar-refractivity contribution in [1.29, 1.82) is 0 Å². The van der Waals surface area contributed by atoms with Crippen molar-refractivity contribution < 1.29 is 14.3 Å². The molecular formula is C26H24N2O3. The lowest BCUT2D eigenvalue weighted by atomic mass is 10.1. The van der Waals surface area contributed by atoms with E-state index in [0.717, 1.165) is 22.4 Å². The highest BCUT2D eigenvalue weighted by Crippen LogP contribution is 2.32. The van der Waals surface area contributed by atoms with Crippen LogP contribution in [0.3, 0.4) is 0 Å². The fourth-order valence-electron chi connectivity index (χ4n) is 3.45. The highest BCUT2D eigenvalue weighted by molar-refractivity contribution is 5.78. The maximum absolute atomic E-state index is 12.5. The fourth-order valence-corrected chi connectivity index (χ4v) is 3.45. The molecule has 0 aliphatic heterocycles. The van der Waals surface area contributed by atoms with Gasteiger partial charge >= 0.3 is 0 Å². The van der Waals surface area contributed by atoms with Crippen molar-refractivity contribution in [3.05, 3.63) is 102 Å². The van der Waals surface area contributed by atoms with Crippen molar-refractivity contribution in [1.82, 2.24) is 10.3 Å². The molecule has 1 amide bonds. The van der Waals surface area contributed by atoms with E-state index in [1.165, 1.54) is 0 Å². The fraction of sp³-hybridized carbons (Fsp3) is 0.154. The molecule has 0 bridgehead atoms. The number of amides is 1. The summed E-state index contributed by atoms with van der Waals surface area (Å²) in [5, 5.41) is 12.5. The van der Waals surface area contributed by atoms with Crippen LogP contribution >= 0.6 is 0 Å². The van der Waals surface area contributed by atoms with Gasteiger partial charge in [-0.1, -0.05) is 91.0 Å². The molecule has 3 aromatic carbocycles. The molecule has 0 radical (unpaired) electrons. The van der Waals surface area contributed by atoms with Gasteiger partial charge in [0.1, 0.15) is 5.69 Å². The second-order valence-corrected chi connectivity index (χ2v) is 7.23. The molecule has 1 aromatic heterocycles. The molecule has 4 aromatic rings. The predicted octanol–water partition coefficient (Wildman–Crippen LogP) is 4.79. The van der Waals surface area contributed by atoms with Crippen molar-refractivity contribution in [2.75, 3.05) is 6.61 Å². The van der Waals surface area contributed by atoms with Crippen LogP contribution in [0.15, 0.2) is 95.4 Å². The summed E-state index contributed by atoms with van der Waals surface area (Å²) in [4.78, 5) is 17.2. The van der Waals surface area contributed by atoms with Crippen LogP contribution in [0.25, 0.3) is 22.6 Å². The van der Waals surface area contributed by atoms with Crippen molar-refractivity contribution in [2.24, 2.45) is 0 Å². The van der Waals surface area contributed by atoms with Crippen molar-refractivity contribution in [3.8, 4) is 22.6 Å². The highest BCUT2D eigenvalue weighted by Gasteiger charge is 2.18. The van der Waals surface area contributed by atoms with Gasteiger partial charge in [-0.2, -0.15) is 0 Å². The Morgan fingerprint density at radius 3 is 2.06 bits per heavy atom. The van der Waals surface area contributed by atoms with E-state index in [4.69, 9.17) is 9.40 Å². The van der Waals surface area contributed by atoms with Crippen LogP contribution in [0.2, 0.25) is 0 Å². The quantitative estimate of drug-likeness (QED) is 0.436. The zero-order valence-electron chi connectivity index (χ0n) is 17.1. The first-order valence-electron chi connectivity index (χ1n) is 10.3. The first-order valence-corrected chi connectivity index (χ1v) is 10.3. The predicted molar refractivity (Wildman–Crippen MR) is 120 cm³/mol. The summed E-state index contributed by atoms with van der Waals surface area (Å²) in [6.45, 7) is -0.162. The van der Waals surface area contributed by atoms with E-state index in [9.17, 15) is 9.90 Å². The van der Waals surface area contributed by atoms with Crippen LogP contribution in [-0.4, -0.2) is 22.6 Å². The van der Waals surface area contributed by atoms with Gasteiger partial charge in [0.05, 0.1) is 12.6 Å². The average Bonchev–Trinajstić information content (AvgIpc) is 3.27. The number of aromatic nitrogens is 1. The van der Waals surface area contributed by atoms with Gasteiger partial charge in [0, 0.05) is 24.0 Å². The summed E-state index contributed by atoms with van der Waals surface area (Å²) in [7, 11) is 0. The Balaban J connectivity index is 1.50. The second-order valence-electron chi connectivity index (χ2n) is 7.23. The third-order valence-electron chi connectivity index (χ3n) is 5.04. The summed E-state index contributed by atoms with van der Waals surface area (Å²) < 4.78 is 6.08. The summed E-state index contributed by atoms with van der Waals surface area (Å²) in [6.07, 6.45) is 0.581. The maximum Gasteiger partial charge on any atom is 0.221 e. The normalized spacial score (nSPS) is 11.8. The van der Waals surface area contributed by atoms with Gasteiger partial charge in [-0.25, -0.2) is 4.98 Å². The number of aliphatic hydroxyl groups excluding tert-OH is 1. The minimum Gasteiger partial charge on any atom is -0.440 e. The molecule has 2 N–H and O–H groups in total. The van der Waals surface area contributed by atoms with Crippen molar-refractivity contribution in [2.45, 2.75) is 18.9 Å². The third kappa shape index (κ3) is 5.08. The number of hydrogen-bond acceptors (Lipinski definition) is 4. The largest absolute Gasteiger partial charge is 0.440 e. The molecular weight excluding hydrogens is 388 g/mol. The molecule has 156 valence electrons. The van der Waals surface area contributed by atoms with E-state index in [1.807, 2.05) is 91.0 Å². The van der Waals surface area contributed by atoms with Crippen LogP contribution < -0.4 is 5.32 Å². The molecule has 4 rings (SSSR count). The van der Waals surface area contributed by atoms with Gasteiger partial charge in [0.25, 0.3) is 0 Å². The van der Waals surface area contributed by atoms with Crippen LogP contribution in [0.1, 0.15) is 23.9 Å². The van der Waals surface area contributed by atoms with E-state index in [0.29, 0.717) is 18.1 Å². The number of carbonyl (C=O) groups is 1. The van der Waals surface area contributed by atoms with E-state index >= 15 is 0 Å². The standard InChI is InChI=1S/C26H24N2O3/c29-18-22(19-10-4-1-5-11-19)27-23(30)16-17-24-28-25(20-12-6-2-7-13-20)26(31-24)21-14-8-3-9-15-21/h1-15,22,29H,16-18H2,(H,27,30). The Morgan fingerprint density at radius 1 is 0.871 bits per heavy atom. The zero-order chi connectivity index (χ0) is 21.5. The van der Waals surface area contributed by atoms with Gasteiger partial charge in [-0.3, -0.25) is 4.79 Å². The number of benzene rings is 3. The van der Waals surface area contributed by atoms with E-state index in [2.05, 4.69) is 5.32 Å². The van der Waals surface area contributed by atoms with E-state index in [-0.39, 0.29) is 18.9 Å². The first-order chi connectivity index (χ1) is 15.2. The molecule has 0 aliphatic carbocycles. The van der Waals surface area contributed by atoms with Gasteiger partial charge < -0.3 is 14.8 Å². The van der Waals surface area contributed by atoms with Crippen LogP contribution in [0, 0.1) is 0 Å². The van der Waals surface area contributed by atoms with Crippen LogP contribution in [-0.2, 0) is 11.2 Å². The summed E-state index contributed by atoms with van der Waals surface area (Å²) in [5.41, 5.74) is 3.53. The van der Waals surface area contributed by atoms with Gasteiger partial charge in [0.15, 0.2) is 11.7 Å². The average molecular weight is 412 g/mol. The second kappa shape index (κ2) is 9.87. The van der Waals surface area contributed by atoms with Crippen molar-refractivity contribution in [3.63, 3.8) is 0 Å². The lowest BCUT2D eigenvalue weighted by molar-refractivity contribution is -0.122. The molecule has 0 saturated carbocycles. The summed E-state index contributed by atoms with van der Waals surface area (Å²) in [5.74, 6) is 1.04. The molecule has 1 atom stereocenters. The Bertz CT molecular complexity index is 1050. The molecule has 1 unspecified atom stereocenters. The molecule has 0 fully saturated rings. The first kappa shape index (κ1) is 20.6. The molecule has 0 spiro atoms. The van der Waals surface area contributed by atoms with Crippen molar-refractivity contribution >= 4 is 5.91 Å². The Morgan fingerprint density at radius 2 is 1.45 bits per heavy atom. The third-order valence-corrected chi connectivity index (χ3v) is 5.04. The SMILES string of the molecule is O=C(CCc1nc(-c2ccccc2)c(-c2ccccc2)o1)NC(CO)c1ccccc1.